The zero-order valence-corrected chi connectivity index (χ0v) is 9.13. The van der Waals surface area contributed by atoms with Crippen molar-refractivity contribution in [2.75, 3.05) is 19.7 Å². The number of hydrogen-bond acceptors (Lipinski definition) is 3. The highest BCUT2D eigenvalue weighted by molar-refractivity contribution is 5.76. The zero-order valence-electron chi connectivity index (χ0n) is 9.13. The molecule has 0 bridgehead atoms. The highest BCUT2D eigenvalue weighted by atomic mass is 16.5. The molecule has 0 aromatic rings. The van der Waals surface area contributed by atoms with E-state index in [4.69, 9.17) is 4.74 Å². The summed E-state index contributed by atoms with van der Waals surface area (Å²) < 4.78 is 4.95. The molecular weight excluding hydrogens is 192 g/mol. The predicted molar refractivity (Wildman–Crippen MR) is 59.4 cm³/mol. The third-order valence-corrected chi connectivity index (χ3v) is 2.47. The standard InChI is InChI=1S/C11H20N2O2/c1-2-15-8-4-7-13-11(14)9-10-5-3-6-12-10/h2,10,12H,1,3-9H2,(H,13,14). The van der Waals surface area contributed by atoms with Crippen LogP contribution in [0, 0.1) is 0 Å². The fourth-order valence-electron chi connectivity index (χ4n) is 1.69. The largest absolute Gasteiger partial charge is 0.502 e. The van der Waals surface area contributed by atoms with Crippen molar-refractivity contribution in [1.29, 1.82) is 0 Å². The molecule has 0 aromatic heterocycles. The van der Waals surface area contributed by atoms with Crippen molar-refractivity contribution in [3.05, 3.63) is 12.8 Å². The average molecular weight is 212 g/mol. The van der Waals surface area contributed by atoms with Crippen molar-refractivity contribution in [1.82, 2.24) is 10.6 Å². The van der Waals surface area contributed by atoms with Crippen LogP contribution in [0.1, 0.15) is 25.7 Å². The van der Waals surface area contributed by atoms with Gasteiger partial charge in [0.15, 0.2) is 0 Å². The minimum absolute atomic E-state index is 0.132. The van der Waals surface area contributed by atoms with Crippen molar-refractivity contribution in [3.8, 4) is 0 Å². The molecule has 4 nitrogen and oxygen atoms in total. The number of hydrogen-bond donors (Lipinski definition) is 2. The Hall–Kier alpha value is -1.03. The number of nitrogens with one attached hydrogen (secondary N) is 2. The highest BCUT2D eigenvalue weighted by Crippen LogP contribution is 2.07. The second-order valence-electron chi connectivity index (χ2n) is 3.74. The summed E-state index contributed by atoms with van der Waals surface area (Å²) in [5.41, 5.74) is 0. The topological polar surface area (TPSA) is 50.4 Å². The van der Waals surface area contributed by atoms with E-state index in [2.05, 4.69) is 17.2 Å². The van der Waals surface area contributed by atoms with Gasteiger partial charge in [0, 0.05) is 19.0 Å². The Morgan fingerprint density at radius 3 is 3.20 bits per heavy atom. The van der Waals surface area contributed by atoms with E-state index in [1.807, 2.05) is 0 Å². The Bertz CT molecular complexity index is 201. The van der Waals surface area contributed by atoms with E-state index < -0.39 is 0 Å². The highest BCUT2D eigenvalue weighted by Gasteiger charge is 2.16. The van der Waals surface area contributed by atoms with Gasteiger partial charge in [-0.1, -0.05) is 6.58 Å². The molecule has 1 rings (SSSR count). The molecule has 1 atom stereocenters. The van der Waals surface area contributed by atoms with Crippen LogP contribution in [-0.2, 0) is 9.53 Å². The first-order chi connectivity index (χ1) is 7.33. The van der Waals surface area contributed by atoms with Crippen molar-refractivity contribution < 1.29 is 9.53 Å². The summed E-state index contributed by atoms with van der Waals surface area (Å²) >= 11 is 0. The van der Waals surface area contributed by atoms with Gasteiger partial charge in [0.25, 0.3) is 0 Å². The number of carbonyl (C=O) groups is 1. The van der Waals surface area contributed by atoms with Gasteiger partial charge in [-0.25, -0.2) is 0 Å². The van der Waals surface area contributed by atoms with Gasteiger partial charge in [-0.05, 0) is 25.8 Å². The van der Waals surface area contributed by atoms with Gasteiger partial charge in [0.1, 0.15) is 0 Å². The van der Waals surface area contributed by atoms with Crippen molar-refractivity contribution in [2.45, 2.75) is 31.7 Å². The molecule has 0 spiro atoms. The number of amides is 1. The van der Waals surface area contributed by atoms with Gasteiger partial charge in [-0.2, -0.15) is 0 Å². The molecule has 1 unspecified atom stereocenters. The smallest absolute Gasteiger partial charge is 0.221 e. The van der Waals surface area contributed by atoms with Gasteiger partial charge >= 0.3 is 0 Å². The van der Waals surface area contributed by atoms with Crippen LogP contribution in [0.5, 0.6) is 0 Å². The normalized spacial score (nSPS) is 19.9. The molecule has 15 heavy (non-hydrogen) atoms. The van der Waals surface area contributed by atoms with Gasteiger partial charge in [-0.3, -0.25) is 4.79 Å². The van der Waals surface area contributed by atoms with Gasteiger partial charge in [0.2, 0.25) is 5.91 Å². The molecule has 1 heterocycles. The zero-order chi connectivity index (χ0) is 10.9. The number of ether oxygens (including phenoxy) is 1. The Kier molecular flexibility index (Phi) is 5.85. The van der Waals surface area contributed by atoms with Crippen molar-refractivity contribution >= 4 is 5.91 Å². The van der Waals surface area contributed by atoms with Gasteiger partial charge < -0.3 is 15.4 Å². The molecule has 86 valence electrons. The lowest BCUT2D eigenvalue weighted by molar-refractivity contribution is -0.121. The summed E-state index contributed by atoms with van der Waals surface area (Å²) in [6.07, 6.45) is 5.15. The molecule has 0 aromatic carbocycles. The summed E-state index contributed by atoms with van der Waals surface area (Å²) in [7, 11) is 0. The molecule has 1 amide bonds. The summed E-state index contributed by atoms with van der Waals surface area (Å²) in [5.74, 6) is 0.132. The van der Waals surface area contributed by atoms with Crippen molar-refractivity contribution in [3.63, 3.8) is 0 Å². The molecule has 1 aliphatic rings. The first-order valence-electron chi connectivity index (χ1n) is 5.55. The van der Waals surface area contributed by atoms with Crippen LogP contribution in [0.3, 0.4) is 0 Å². The lowest BCUT2D eigenvalue weighted by atomic mass is 10.1. The maximum absolute atomic E-state index is 11.4. The second-order valence-corrected chi connectivity index (χ2v) is 3.74. The van der Waals surface area contributed by atoms with E-state index in [0.29, 0.717) is 25.6 Å². The molecular formula is C11H20N2O2. The first kappa shape index (κ1) is 12.0. The van der Waals surface area contributed by atoms with Crippen LogP contribution in [0.15, 0.2) is 12.8 Å². The lowest BCUT2D eigenvalue weighted by Gasteiger charge is -2.10. The Morgan fingerprint density at radius 2 is 2.53 bits per heavy atom. The molecule has 1 fully saturated rings. The molecule has 2 N–H and O–H groups in total. The van der Waals surface area contributed by atoms with E-state index in [-0.39, 0.29) is 5.91 Å². The van der Waals surface area contributed by atoms with Crippen LogP contribution in [0.2, 0.25) is 0 Å². The Morgan fingerprint density at radius 1 is 1.67 bits per heavy atom. The van der Waals surface area contributed by atoms with Crippen LogP contribution in [0.4, 0.5) is 0 Å². The second kappa shape index (κ2) is 7.29. The van der Waals surface area contributed by atoms with E-state index in [1.54, 1.807) is 0 Å². The number of rotatable bonds is 7. The molecule has 0 radical (unpaired) electrons. The maximum Gasteiger partial charge on any atom is 0.221 e. The SMILES string of the molecule is C=COCCCNC(=O)CC1CCCN1. The Labute approximate surface area is 91.1 Å². The maximum atomic E-state index is 11.4. The summed E-state index contributed by atoms with van der Waals surface area (Å²) in [4.78, 5) is 11.4. The van der Waals surface area contributed by atoms with Crippen LogP contribution in [-0.4, -0.2) is 31.6 Å². The Balaban J connectivity index is 1.95. The molecule has 0 aliphatic carbocycles. The summed E-state index contributed by atoms with van der Waals surface area (Å²) in [6.45, 7) is 5.79. The first-order valence-corrected chi connectivity index (χ1v) is 5.55. The van der Waals surface area contributed by atoms with Gasteiger partial charge in [0.05, 0.1) is 12.9 Å². The van der Waals surface area contributed by atoms with Crippen LogP contribution in [0.25, 0.3) is 0 Å². The quantitative estimate of drug-likeness (QED) is 0.484. The van der Waals surface area contributed by atoms with E-state index in [9.17, 15) is 4.79 Å². The van der Waals surface area contributed by atoms with Crippen molar-refractivity contribution in [2.24, 2.45) is 0 Å². The summed E-state index contributed by atoms with van der Waals surface area (Å²) in [5, 5.41) is 6.17. The van der Waals surface area contributed by atoms with E-state index in [0.717, 1.165) is 19.4 Å². The minimum Gasteiger partial charge on any atom is -0.502 e. The molecule has 1 aliphatic heterocycles. The van der Waals surface area contributed by atoms with Crippen LogP contribution >= 0.6 is 0 Å². The fourth-order valence-corrected chi connectivity index (χ4v) is 1.69. The van der Waals surface area contributed by atoms with E-state index in [1.165, 1.54) is 12.7 Å². The predicted octanol–water partition coefficient (Wildman–Crippen LogP) is 0.795. The third kappa shape index (κ3) is 5.42. The molecule has 1 saturated heterocycles. The monoisotopic (exact) mass is 212 g/mol. The third-order valence-electron chi connectivity index (χ3n) is 2.47. The lowest BCUT2D eigenvalue weighted by Crippen LogP contribution is -2.32. The molecule has 0 saturated carbocycles. The molecule has 4 heteroatoms. The summed E-state index contributed by atoms with van der Waals surface area (Å²) in [6, 6.07) is 0.384. The fraction of sp³-hybridized carbons (Fsp3) is 0.727. The minimum atomic E-state index is 0.132. The van der Waals surface area contributed by atoms with Crippen LogP contribution < -0.4 is 10.6 Å². The average Bonchev–Trinajstić information content (AvgIpc) is 2.70. The van der Waals surface area contributed by atoms with E-state index >= 15 is 0 Å². The van der Waals surface area contributed by atoms with Gasteiger partial charge in [-0.15, -0.1) is 0 Å². The number of carbonyl (C=O) groups excluding carboxylic acids is 1.